The molecule has 1 saturated heterocycles. The van der Waals surface area contributed by atoms with Crippen molar-refractivity contribution in [3.63, 3.8) is 0 Å². The molecule has 2 rings (SSSR count). The van der Waals surface area contributed by atoms with Crippen molar-refractivity contribution in [2.45, 2.75) is 25.7 Å². The topological polar surface area (TPSA) is 68.0 Å². The summed E-state index contributed by atoms with van der Waals surface area (Å²) in [6.45, 7) is 2.47. The Labute approximate surface area is 107 Å². The van der Waals surface area contributed by atoms with Crippen molar-refractivity contribution in [1.82, 2.24) is 9.97 Å². The van der Waals surface area contributed by atoms with Gasteiger partial charge in [-0.25, -0.2) is 9.97 Å². The Morgan fingerprint density at radius 3 is 2.72 bits per heavy atom. The Bertz CT molecular complexity index is 394. The molecule has 5 heteroatoms. The molecule has 5 nitrogen and oxygen atoms in total. The van der Waals surface area contributed by atoms with Gasteiger partial charge in [0.05, 0.1) is 19.0 Å². The molecular formula is C13H17N3O2. The second kappa shape index (κ2) is 6.92. The van der Waals surface area contributed by atoms with Crippen LogP contribution in [0, 0.1) is 17.2 Å². The van der Waals surface area contributed by atoms with Gasteiger partial charge in [0.25, 0.3) is 0 Å². The van der Waals surface area contributed by atoms with Gasteiger partial charge in [0.2, 0.25) is 5.82 Å². The number of hydrogen-bond donors (Lipinski definition) is 0. The Morgan fingerprint density at radius 1 is 1.33 bits per heavy atom. The highest BCUT2D eigenvalue weighted by Gasteiger charge is 2.12. The summed E-state index contributed by atoms with van der Waals surface area (Å²) >= 11 is 0. The summed E-state index contributed by atoms with van der Waals surface area (Å²) in [5, 5.41) is 8.56. The van der Waals surface area contributed by atoms with Crippen molar-refractivity contribution >= 4 is 0 Å². The van der Waals surface area contributed by atoms with Gasteiger partial charge in [0, 0.05) is 13.2 Å². The fourth-order valence-corrected chi connectivity index (χ4v) is 2.05. The lowest BCUT2D eigenvalue weighted by atomic mass is 9.95. The molecular weight excluding hydrogens is 230 g/mol. The summed E-state index contributed by atoms with van der Waals surface area (Å²) in [4.78, 5) is 7.70. The van der Waals surface area contributed by atoms with E-state index in [0.717, 1.165) is 25.6 Å². The van der Waals surface area contributed by atoms with Crippen LogP contribution in [0.5, 0.6) is 5.75 Å². The van der Waals surface area contributed by atoms with E-state index >= 15 is 0 Å². The maximum Gasteiger partial charge on any atom is 0.232 e. The third kappa shape index (κ3) is 3.97. The maximum atomic E-state index is 8.56. The third-order valence-corrected chi connectivity index (χ3v) is 3.09. The van der Waals surface area contributed by atoms with Crippen LogP contribution in [0.4, 0.5) is 0 Å². The van der Waals surface area contributed by atoms with Gasteiger partial charge in [0.1, 0.15) is 6.07 Å². The zero-order valence-corrected chi connectivity index (χ0v) is 10.3. The van der Waals surface area contributed by atoms with Crippen molar-refractivity contribution in [2.24, 2.45) is 5.92 Å². The smallest absolute Gasteiger partial charge is 0.232 e. The number of aromatic nitrogens is 2. The van der Waals surface area contributed by atoms with E-state index in [1.807, 2.05) is 6.07 Å². The van der Waals surface area contributed by atoms with Crippen LogP contribution >= 0.6 is 0 Å². The normalized spacial score (nSPS) is 16.2. The van der Waals surface area contributed by atoms with Crippen LogP contribution in [0.2, 0.25) is 0 Å². The predicted octanol–water partition coefficient (Wildman–Crippen LogP) is 1.93. The molecule has 0 atom stereocenters. The zero-order chi connectivity index (χ0) is 12.6. The Morgan fingerprint density at radius 2 is 2.06 bits per heavy atom. The van der Waals surface area contributed by atoms with Crippen LogP contribution < -0.4 is 4.74 Å². The quantitative estimate of drug-likeness (QED) is 0.744. The van der Waals surface area contributed by atoms with E-state index in [2.05, 4.69) is 9.97 Å². The largest absolute Gasteiger partial charge is 0.490 e. The van der Waals surface area contributed by atoms with E-state index in [4.69, 9.17) is 14.7 Å². The lowest BCUT2D eigenvalue weighted by Crippen LogP contribution is -2.16. The molecule has 0 N–H and O–H groups in total. The SMILES string of the molecule is N#Cc1ncc(OCCCC2CCOCC2)cn1. The molecule has 2 heterocycles. The Kier molecular flexibility index (Phi) is 4.91. The first-order valence-corrected chi connectivity index (χ1v) is 6.31. The molecule has 1 aliphatic rings. The molecule has 0 radical (unpaired) electrons. The lowest BCUT2D eigenvalue weighted by molar-refractivity contribution is 0.0620. The van der Waals surface area contributed by atoms with E-state index < -0.39 is 0 Å². The molecule has 1 fully saturated rings. The van der Waals surface area contributed by atoms with E-state index in [-0.39, 0.29) is 5.82 Å². The maximum absolute atomic E-state index is 8.56. The monoisotopic (exact) mass is 247 g/mol. The Hall–Kier alpha value is -1.67. The van der Waals surface area contributed by atoms with E-state index in [0.29, 0.717) is 12.4 Å². The summed E-state index contributed by atoms with van der Waals surface area (Å²) < 4.78 is 10.9. The van der Waals surface area contributed by atoms with Crippen LogP contribution in [0.1, 0.15) is 31.5 Å². The van der Waals surface area contributed by atoms with Gasteiger partial charge in [0.15, 0.2) is 5.75 Å². The average Bonchev–Trinajstić information content (AvgIpc) is 2.45. The van der Waals surface area contributed by atoms with Crippen LogP contribution in [0.3, 0.4) is 0 Å². The van der Waals surface area contributed by atoms with Gasteiger partial charge in [-0.2, -0.15) is 5.26 Å². The van der Waals surface area contributed by atoms with Gasteiger partial charge in [-0.3, -0.25) is 0 Å². The van der Waals surface area contributed by atoms with Crippen LogP contribution in [-0.4, -0.2) is 29.8 Å². The number of rotatable bonds is 5. The molecule has 0 spiro atoms. The van der Waals surface area contributed by atoms with Crippen molar-refractivity contribution in [3.05, 3.63) is 18.2 Å². The third-order valence-electron chi connectivity index (χ3n) is 3.09. The highest BCUT2D eigenvalue weighted by atomic mass is 16.5. The first-order valence-electron chi connectivity index (χ1n) is 6.31. The molecule has 1 aliphatic heterocycles. The highest BCUT2D eigenvalue weighted by Crippen LogP contribution is 2.20. The zero-order valence-electron chi connectivity index (χ0n) is 10.3. The number of nitriles is 1. The minimum absolute atomic E-state index is 0.171. The fourth-order valence-electron chi connectivity index (χ4n) is 2.05. The summed E-state index contributed by atoms with van der Waals surface area (Å²) in [7, 11) is 0. The minimum Gasteiger partial charge on any atom is -0.490 e. The number of nitrogens with zero attached hydrogens (tertiary/aromatic N) is 3. The van der Waals surface area contributed by atoms with Crippen LogP contribution in [0.25, 0.3) is 0 Å². The fraction of sp³-hybridized carbons (Fsp3) is 0.615. The summed E-state index contributed by atoms with van der Waals surface area (Å²) in [6, 6.07) is 1.87. The summed E-state index contributed by atoms with van der Waals surface area (Å²) in [6.07, 6.45) is 7.63. The molecule has 0 aliphatic carbocycles. The predicted molar refractivity (Wildman–Crippen MR) is 65.0 cm³/mol. The molecule has 1 aromatic heterocycles. The van der Waals surface area contributed by atoms with E-state index in [1.165, 1.54) is 19.3 Å². The Balaban J connectivity index is 1.63. The van der Waals surface area contributed by atoms with E-state index in [1.54, 1.807) is 12.4 Å². The summed E-state index contributed by atoms with van der Waals surface area (Å²) in [5.74, 6) is 1.57. The molecule has 0 amide bonds. The van der Waals surface area contributed by atoms with Gasteiger partial charge < -0.3 is 9.47 Å². The van der Waals surface area contributed by atoms with Gasteiger partial charge in [-0.1, -0.05) is 0 Å². The van der Waals surface area contributed by atoms with Crippen molar-refractivity contribution < 1.29 is 9.47 Å². The van der Waals surface area contributed by atoms with Gasteiger partial charge in [-0.15, -0.1) is 0 Å². The molecule has 0 saturated carbocycles. The second-order valence-electron chi connectivity index (χ2n) is 4.40. The lowest BCUT2D eigenvalue weighted by Gasteiger charge is -2.21. The number of hydrogen-bond acceptors (Lipinski definition) is 5. The summed E-state index contributed by atoms with van der Waals surface area (Å²) in [5.41, 5.74) is 0. The minimum atomic E-state index is 0.171. The highest BCUT2D eigenvalue weighted by molar-refractivity contribution is 5.17. The van der Waals surface area contributed by atoms with Crippen molar-refractivity contribution in [1.29, 1.82) is 5.26 Å². The second-order valence-corrected chi connectivity index (χ2v) is 4.40. The first kappa shape index (κ1) is 12.8. The van der Waals surface area contributed by atoms with Crippen molar-refractivity contribution in [2.75, 3.05) is 19.8 Å². The molecule has 0 bridgehead atoms. The standard InChI is InChI=1S/C13H17N3O2/c14-8-13-15-9-12(10-16-13)18-5-1-2-11-3-6-17-7-4-11/h9-11H,1-7H2. The average molecular weight is 247 g/mol. The van der Waals surface area contributed by atoms with E-state index in [9.17, 15) is 0 Å². The molecule has 0 unspecified atom stereocenters. The van der Waals surface area contributed by atoms with Gasteiger partial charge >= 0.3 is 0 Å². The number of ether oxygens (including phenoxy) is 2. The van der Waals surface area contributed by atoms with Gasteiger partial charge in [-0.05, 0) is 31.6 Å². The van der Waals surface area contributed by atoms with Crippen LogP contribution in [0.15, 0.2) is 12.4 Å². The molecule has 1 aromatic rings. The molecule has 96 valence electrons. The molecule has 18 heavy (non-hydrogen) atoms. The first-order chi connectivity index (χ1) is 8.88. The van der Waals surface area contributed by atoms with Crippen LogP contribution in [-0.2, 0) is 4.74 Å². The molecule has 0 aromatic carbocycles. The van der Waals surface area contributed by atoms with Crippen molar-refractivity contribution in [3.8, 4) is 11.8 Å².